The van der Waals surface area contributed by atoms with Crippen molar-refractivity contribution in [2.45, 2.75) is 6.92 Å². The van der Waals surface area contributed by atoms with Gasteiger partial charge in [0.05, 0.1) is 7.11 Å². The summed E-state index contributed by atoms with van der Waals surface area (Å²) in [6.07, 6.45) is 0. The Balaban J connectivity index is 1.81. The van der Waals surface area contributed by atoms with Crippen LogP contribution in [0.25, 0.3) is 33.7 Å². The Hall–Kier alpha value is -3.40. The number of nitrogens with zero attached hydrogens (tertiary/aromatic N) is 1. The van der Waals surface area contributed by atoms with Gasteiger partial charge in [-0.3, -0.25) is 4.79 Å². The van der Waals surface area contributed by atoms with Crippen molar-refractivity contribution in [2.24, 2.45) is 0 Å². The molecule has 0 N–H and O–H groups in total. The van der Waals surface area contributed by atoms with Crippen molar-refractivity contribution < 1.29 is 13.9 Å². The van der Waals surface area contributed by atoms with E-state index in [9.17, 15) is 4.79 Å². The first-order valence-electron chi connectivity index (χ1n) is 8.31. The number of ketones is 1. The van der Waals surface area contributed by atoms with E-state index in [0.29, 0.717) is 17.0 Å². The number of hydrogen-bond donors (Lipinski definition) is 0. The van der Waals surface area contributed by atoms with Crippen LogP contribution in [0.5, 0.6) is 5.75 Å². The molecule has 0 saturated heterocycles. The van der Waals surface area contributed by atoms with Gasteiger partial charge in [0.1, 0.15) is 11.3 Å². The number of fused-ring (bicyclic) bond motifs is 1. The SMILES string of the molecule is COc1cccc(-c2nc3cc(-c4ccccc4C(C)=O)ccc3o2)c1. The van der Waals surface area contributed by atoms with Crippen LogP contribution in [0.1, 0.15) is 17.3 Å². The highest BCUT2D eigenvalue weighted by molar-refractivity contribution is 6.01. The highest BCUT2D eigenvalue weighted by atomic mass is 16.5. The molecule has 4 heteroatoms. The van der Waals surface area contributed by atoms with Gasteiger partial charge in [-0.15, -0.1) is 0 Å². The normalized spacial score (nSPS) is 10.8. The molecule has 1 aromatic heterocycles. The lowest BCUT2D eigenvalue weighted by Gasteiger charge is -2.06. The number of benzene rings is 3. The first kappa shape index (κ1) is 16.1. The van der Waals surface area contributed by atoms with E-state index >= 15 is 0 Å². The van der Waals surface area contributed by atoms with E-state index in [1.807, 2.05) is 66.7 Å². The van der Waals surface area contributed by atoms with E-state index in [-0.39, 0.29) is 5.78 Å². The van der Waals surface area contributed by atoms with Crippen molar-refractivity contribution in [1.82, 2.24) is 4.98 Å². The molecule has 0 saturated carbocycles. The lowest BCUT2D eigenvalue weighted by molar-refractivity contribution is 0.101. The number of carbonyl (C=O) groups excluding carboxylic acids is 1. The molecule has 0 atom stereocenters. The lowest BCUT2D eigenvalue weighted by atomic mass is 9.97. The van der Waals surface area contributed by atoms with Crippen LogP contribution in [0.3, 0.4) is 0 Å². The summed E-state index contributed by atoms with van der Waals surface area (Å²) in [5.41, 5.74) is 4.83. The fraction of sp³-hybridized carbons (Fsp3) is 0.0909. The third-order valence-electron chi connectivity index (χ3n) is 4.32. The molecule has 1 heterocycles. The maximum Gasteiger partial charge on any atom is 0.227 e. The second kappa shape index (κ2) is 6.48. The van der Waals surface area contributed by atoms with Crippen molar-refractivity contribution in [3.8, 4) is 28.3 Å². The molecule has 26 heavy (non-hydrogen) atoms. The number of rotatable bonds is 4. The van der Waals surface area contributed by atoms with Crippen molar-refractivity contribution in [2.75, 3.05) is 7.11 Å². The molecular weight excluding hydrogens is 326 g/mol. The van der Waals surface area contributed by atoms with Crippen LogP contribution in [0.4, 0.5) is 0 Å². The van der Waals surface area contributed by atoms with E-state index in [1.165, 1.54) is 0 Å². The van der Waals surface area contributed by atoms with Crippen LogP contribution in [0.15, 0.2) is 71.1 Å². The molecule has 4 rings (SSSR count). The van der Waals surface area contributed by atoms with Crippen LogP contribution in [0.2, 0.25) is 0 Å². The predicted octanol–water partition coefficient (Wildman–Crippen LogP) is 5.37. The Morgan fingerprint density at radius 1 is 0.962 bits per heavy atom. The third kappa shape index (κ3) is 2.86. The monoisotopic (exact) mass is 343 g/mol. The smallest absolute Gasteiger partial charge is 0.227 e. The fourth-order valence-electron chi connectivity index (χ4n) is 3.02. The first-order valence-corrected chi connectivity index (χ1v) is 8.31. The molecule has 0 aliphatic carbocycles. The molecule has 0 aliphatic rings. The van der Waals surface area contributed by atoms with Gasteiger partial charge in [-0.1, -0.05) is 36.4 Å². The van der Waals surface area contributed by atoms with Crippen molar-refractivity contribution >= 4 is 16.9 Å². The summed E-state index contributed by atoms with van der Waals surface area (Å²) in [5, 5.41) is 0. The molecule has 0 bridgehead atoms. The molecule has 4 nitrogen and oxygen atoms in total. The van der Waals surface area contributed by atoms with Crippen molar-refractivity contribution in [3.63, 3.8) is 0 Å². The summed E-state index contributed by atoms with van der Waals surface area (Å²) < 4.78 is 11.2. The van der Waals surface area contributed by atoms with Crippen LogP contribution >= 0.6 is 0 Å². The number of Topliss-reactive ketones (excluding diaryl/α,β-unsaturated/α-hetero) is 1. The molecular formula is C22H17NO3. The van der Waals surface area contributed by atoms with Crippen LogP contribution < -0.4 is 4.74 Å². The lowest BCUT2D eigenvalue weighted by Crippen LogP contribution is -1.95. The summed E-state index contributed by atoms with van der Waals surface area (Å²) in [5.74, 6) is 1.33. The minimum absolute atomic E-state index is 0.0397. The second-order valence-corrected chi connectivity index (χ2v) is 6.04. The standard InChI is InChI=1S/C22H17NO3/c1-14(24)18-8-3-4-9-19(18)15-10-11-21-20(13-15)23-22(26-21)16-6-5-7-17(12-16)25-2/h3-13H,1-2H3. The molecule has 128 valence electrons. The van der Waals surface area contributed by atoms with Gasteiger partial charge in [0, 0.05) is 11.1 Å². The Morgan fingerprint density at radius 3 is 2.62 bits per heavy atom. The Morgan fingerprint density at radius 2 is 1.81 bits per heavy atom. The zero-order chi connectivity index (χ0) is 18.1. The van der Waals surface area contributed by atoms with Gasteiger partial charge >= 0.3 is 0 Å². The number of aromatic nitrogens is 1. The third-order valence-corrected chi connectivity index (χ3v) is 4.32. The van der Waals surface area contributed by atoms with E-state index in [2.05, 4.69) is 4.98 Å². The summed E-state index contributed by atoms with van der Waals surface area (Å²) in [6.45, 7) is 1.58. The number of carbonyl (C=O) groups is 1. The van der Waals surface area contributed by atoms with Gasteiger partial charge in [0.15, 0.2) is 11.4 Å². The molecule has 4 aromatic rings. The molecule has 0 unspecified atom stereocenters. The summed E-state index contributed by atoms with van der Waals surface area (Å²) in [7, 11) is 1.63. The number of oxazole rings is 1. The Bertz CT molecular complexity index is 1110. The number of methoxy groups -OCH3 is 1. The van der Waals surface area contributed by atoms with Crippen LogP contribution in [0, 0.1) is 0 Å². The van der Waals surface area contributed by atoms with Crippen molar-refractivity contribution in [3.05, 3.63) is 72.3 Å². The van der Waals surface area contributed by atoms with E-state index < -0.39 is 0 Å². The number of ether oxygens (including phenoxy) is 1. The predicted molar refractivity (Wildman–Crippen MR) is 101 cm³/mol. The molecule has 3 aromatic carbocycles. The Labute approximate surface area is 151 Å². The van der Waals surface area contributed by atoms with Crippen LogP contribution in [-0.2, 0) is 0 Å². The minimum Gasteiger partial charge on any atom is -0.497 e. The van der Waals surface area contributed by atoms with E-state index in [4.69, 9.17) is 9.15 Å². The summed E-state index contributed by atoms with van der Waals surface area (Å²) >= 11 is 0. The van der Waals surface area contributed by atoms with Crippen molar-refractivity contribution in [1.29, 1.82) is 0 Å². The quantitative estimate of drug-likeness (QED) is 0.467. The van der Waals surface area contributed by atoms with Gasteiger partial charge < -0.3 is 9.15 Å². The molecule has 0 fully saturated rings. The molecule has 0 spiro atoms. The maximum atomic E-state index is 11.9. The Kier molecular flexibility index (Phi) is 4.01. The van der Waals surface area contributed by atoms with Crippen LogP contribution in [-0.4, -0.2) is 17.9 Å². The average Bonchev–Trinajstić information content (AvgIpc) is 3.11. The highest BCUT2D eigenvalue weighted by Crippen LogP contribution is 2.31. The fourth-order valence-corrected chi connectivity index (χ4v) is 3.02. The van der Waals surface area contributed by atoms with E-state index in [0.717, 1.165) is 28.0 Å². The van der Waals surface area contributed by atoms with Gasteiger partial charge in [0.25, 0.3) is 0 Å². The van der Waals surface area contributed by atoms with Gasteiger partial charge in [-0.2, -0.15) is 0 Å². The molecule has 0 amide bonds. The minimum atomic E-state index is 0.0397. The number of hydrogen-bond acceptors (Lipinski definition) is 4. The highest BCUT2D eigenvalue weighted by Gasteiger charge is 2.13. The first-order chi connectivity index (χ1) is 12.7. The second-order valence-electron chi connectivity index (χ2n) is 6.04. The average molecular weight is 343 g/mol. The summed E-state index contributed by atoms with van der Waals surface area (Å²) in [4.78, 5) is 16.5. The van der Waals surface area contributed by atoms with Gasteiger partial charge in [-0.25, -0.2) is 4.98 Å². The molecule has 0 aliphatic heterocycles. The topological polar surface area (TPSA) is 52.3 Å². The zero-order valence-corrected chi connectivity index (χ0v) is 14.5. The maximum absolute atomic E-state index is 11.9. The van der Waals surface area contributed by atoms with E-state index in [1.54, 1.807) is 14.0 Å². The zero-order valence-electron chi connectivity index (χ0n) is 14.5. The largest absolute Gasteiger partial charge is 0.497 e. The summed E-state index contributed by atoms with van der Waals surface area (Å²) in [6, 6.07) is 21.0. The van der Waals surface area contributed by atoms with Gasteiger partial charge in [-0.05, 0) is 48.4 Å². The molecule has 0 radical (unpaired) electrons. The van der Waals surface area contributed by atoms with Gasteiger partial charge in [0.2, 0.25) is 5.89 Å².